The molecule has 4 heteroatoms. The Labute approximate surface area is 118 Å². The number of nitrogens with two attached hydrogens (primary N) is 1. The maximum Gasteiger partial charge on any atom is 0.123 e. The van der Waals surface area contributed by atoms with E-state index >= 15 is 0 Å². The van der Waals surface area contributed by atoms with E-state index in [4.69, 9.17) is 10.7 Å². The lowest BCUT2D eigenvalue weighted by molar-refractivity contribution is 0.637. The fourth-order valence-electron chi connectivity index (χ4n) is 2.81. The van der Waals surface area contributed by atoms with Crippen molar-refractivity contribution < 1.29 is 0 Å². The Hall–Kier alpha value is -1.00. The molecule has 0 amide bonds. The standard InChI is InChI=1S/C15H21N3S/c1-2-7-18-13-6-5-11(10-16)9-12(13)17-15(18)14-4-3-8-19-14/h5-6,9,14H,2-4,7-8,10,16H2,1H3. The number of rotatable bonds is 4. The third kappa shape index (κ3) is 2.39. The molecule has 1 unspecified atom stereocenters. The van der Waals surface area contributed by atoms with Crippen LogP contribution in [0.1, 0.15) is 42.8 Å². The Bertz CT molecular complexity index is 570. The summed E-state index contributed by atoms with van der Waals surface area (Å²) in [4.78, 5) is 4.91. The molecule has 0 bridgehead atoms. The topological polar surface area (TPSA) is 43.8 Å². The van der Waals surface area contributed by atoms with E-state index in [1.807, 2.05) is 0 Å². The van der Waals surface area contributed by atoms with Crippen molar-refractivity contribution in [2.45, 2.75) is 44.5 Å². The van der Waals surface area contributed by atoms with Crippen LogP contribution in [0.15, 0.2) is 18.2 Å². The van der Waals surface area contributed by atoms with Crippen LogP contribution >= 0.6 is 11.8 Å². The zero-order valence-corrected chi connectivity index (χ0v) is 12.2. The Morgan fingerprint density at radius 1 is 1.47 bits per heavy atom. The highest BCUT2D eigenvalue weighted by Crippen LogP contribution is 2.40. The molecule has 0 aliphatic carbocycles. The molecular formula is C15H21N3S. The van der Waals surface area contributed by atoms with Crippen molar-refractivity contribution in [2.24, 2.45) is 5.73 Å². The molecule has 1 aliphatic heterocycles. The van der Waals surface area contributed by atoms with E-state index in [1.165, 1.54) is 35.5 Å². The largest absolute Gasteiger partial charge is 0.327 e. The number of hydrogen-bond donors (Lipinski definition) is 1. The van der Waals surface area contributed by atoms with Gasteiger partial charge in [0.05, 0.1) is 16.3 Å². The van der Waals surface area contributed by atoms with Crippen LogP contribution in [0.5, 0.6) is 0 Å². The Morgan fingerprint density at radius 3 is 3.05 bits per heavy atom. The first-order valence-electron chi connectivity index (χ1n) is 7.14. The second-order valence-corrected chi connectivity index (χ2v) is 6.46. The summed E-state index contributed by atoms with van der Waals surface area (Å²) < 4.78 is 2.42. The van der Waals surface area contributed by atoms with Crippen LogP contribution in [0.25, 0.3) is 11.0 Å². The molecule has 0 radical (unpaired) electrons. The minimum atomic E-state index is 0.584. The van der Waals surface area contributed by atoms with Crippen molar-refractivity contribution in [2.75, 3.05) is 5.75 Å². The van der Waals surface area contributed by atoms with Crippen LogP contribution in [0.4, 0.5) is 0 Å². The predicted octanol–water partition coefficient (Wildman–Crippen LogP) is 3.47. The number of nitrogens with zero attached hydrogens (tertiary/aromatic N) is 2. The van der Waals surface area contributed by atoms with E-state index in [2.05, 4.69) is 41.5 Å². The number of aryl methyl sites for hydroxylation is 1. The molecule has 102 valence electrons. The molecule has 2 N–H and O–H groups in total. The first kappa shape index (κ1) is 13.0. The molecule has 19 heavy (non-hydrogen) atoms. The Kier molecular flexibility index (Phi) is 3.80. The van der Waals surface area contributed by atoms with E-state index in [0.717, 1.165) is 18.5 Å². The molecule has 0 saturated carbocycles. The minimum Gasteiger partial charge on any atom is -0.327 e. The molecule has 0 spiro atoms. The first-order chi connectivity index (χ1) is 9.33. The second-order valence-electron chi connectivity index (χ2n) is 5.15. The maximum atomic E-state index is 5.73. The van der Waals surface area contributed by atoms with Crippen LogP contribution in [-0.2, 0) is 13.1 Å². The van der Waals surface area contributed by atoms with Gasteiger partial charge < -0.3 is 10.3 Å². The summed E-state index contributed by atoms with van der Waals surface area (Å²) in [6, 6.07) is 6.45. The lowest BCUT2D eigenvalue weighted by Gasteiger charge is -2.12. The monoisotopic (exact) mass is 275 g/mol. The fraction of sp³-hybridized carbons (Fsp3) is 0.533. The van der Waals surface area contributed by atoms with Gasteiger partial charge in [-0.1, -0.05) is 13.0 Å². The van der Waals surface area contributed by atoms with Gasteiger partial charge in [0.2, 0.25) is 0 Å². The van der Waals surface area contributed by atoms with E-state index in [0.29, 0.717) is 11.8 Å². The Balaban J connectivity index is 2.10. The molecular weight excluding hydrogens is 254 g/mol. The molecule has 1 saturated heterocycles. The third-order valence-electron chi connectivity index (χ3n) is 3.74. The van der Waals surface area contributed by atoms with Crippen molar-refractivity contribution in [3.63, 3.8) is 0 Å². The number of imidazole rings is 1. The van der Waals surface area contributed by atoms with Gasteiger partial charge in [0.1, 0.15) is 5.82 Å². The van der Waals surface area contributed by atoms with Crippen LogP contribution in [0.3, 0.4) is 0 Å². The highest BCUT2D eigenvalue weighted by molar-refractivity contribution is 7.99. The maximum absolute atomic E-state index is 5.73. The minimum absolute atomic E-state index is 0.584. The first-order valence-corrected chi connectivity index (χ1v) is 8.19. The fourth-order valence-corrected chi connectivity index (χ4v) is 4.09. The number of fused-ring (bicyclic) bond motifs is 1. The van der Waals surface area contributed by atoms with Crippen LogP contribution in [0, 0.1) is 0 Å². The van der Waals surface area contributed by atoms with E-state index in [-0.39, 0.29) is 0 Å². The van der Waals surface area contributed by atoms with Crippen molar-refractivity contribution in [1.29, 1.82) is 0 Å². The lowest BCUT2D eigenvalue weighted by Crippen LogP contribution is -2.05. The third-order valence-corrected chi connectivity index (χ3v) is 5.12. The van der Waals surface area contributed by atoms with Gasteiger partial charge in [0.15, 0.2) is 0 Å². The van der Waals surface area contributed by atoms with Gasteiger partial charge >= 0.3 is 0 Å². The van der Waals surface area contributed by atoms with Crippen LogP contribution in [-0.4, -0.2) is 15.3 Å². The van der Waals surface area contributed by atoms with Crippen LogP contribution < -0.4 is 5.73 Å². The SMILES string of the molecule is CCCn1c(C2CCCS2)nc2cc(CN)ccc21. The summed E-state index contributed by atoms with van der Waals surface area (Å²) in [7, 11) is 0. The van der Waals surface area contributed by atoms with Gasteiger partial charge in [-0.25, -0.2) is 4.98 Å². The summed E-state index contributed by atoms with van der Waals surface area (Å²) in [5.41, 5.74) is 9.27. The molecule has 1 fully saturated rings. The number of thioether (sulfide) groups is 1. The summed E-state index contributed by atoms with van der Waals surface area (Å²) in [5, 5.41) is 0.584. The highest BCUT2D eigenvalue weighted by atomic mass is 32.2. The zero-order valence-electron chi connectivity index (χ0n) is 11.4. The van der Waals surface area contributed by atoms with E-state index in [1.54, 1.807) is 0 Å². The number of hydrogen-bond acceptors (Lipinski definition) is 3. The molecule has 2 heterocycles. The molecule has 1 aromatic carbocycles. The molecule has 1 aliphatic rings. The lowest BCUT2D eigenvalue weighted by atomic mass is 10.2. The summed E-state index contributed by atoms with van der Waals surface area (Å²) in [5.74, 6) is 2.54. The second kappa shape index (κ2) is 5.55. The van der Waals surface area contributed by atoms with Gasteiger partial charge in [0, 0.05) is 13.1 Å². The molecule has 3 nitrogen and oxygen atoms in total. The molecule has 1 aromatic heterocycles. The molecule has 1 atom stereocenters. The Morgan fingerprint density at radius 2 is 2.37 bits per heavy atom. The van der Waals surface area contributed by atoms with Crippen molar-refractivity contribution in [3.8, 4) is 0 Å². The van der Waals surface area contributed by atoms with Crippen molar-refractivity contribution >= 4 is 22.8 Å². The average Bonchev–Trinajstić information content (AvgIpc) is 3.06. The highest BCUT2D eigenvalue weighted by Gasteiger charge is 2.24. The smallest absolute Gasteiger partial charge is 0.123 e. The molecule has 3 rings (SSSR count). The van der Waals surface area contributed by atoms with Gasteiger partial charge in [-0.3, -0.25) is 0 Å². The van der Waals surface area contributed by atoms with Crippen LogP contribution in [0.2, 0.25) is 0 Å². The van der Waals surface area contributed by atoms with Crippen molar-refractivity contribution in [1.82, 2.24) is 9.55 Å². The van der Waals surface area contributed by atoms with Gasteiger partial charge in [-0.05, 0) is 42.7 Å². The van der Waals surface area contributed by atoms with E-state index < -0.39 is 0 Å². The molecule has 2 aromatic rings. The average molecular weight is 275 g/mol. The summed E-state index contributed by atoms with van der Waals surface area (Å²) in [6.07, 6.45) is 3.73. The number of aromatic nitrogens is 2. The van der Waals surface area contributed by atoms with Gasteiger partial charge in [0.25, 0.3) is 0 Å². The zero-order chi connectivity index (χ0) is 13.2. The quantitative estimate of drug-likeness (QED) is 0.929. The predicted molar refractivity (Wildman–Crippen MR) is 82.3 cm³/mol. The summed E-state index contributed by atoms with van der Waals surface area (Å²) in [6.45, 7) is 3.88. The van der Waals surface area contributed by atoms with Crippen molar-refractivity contribution in [3.05, 3.63) is 29.6 Å². The van der Waals surface area contributed by atoms with Gasteiger partial charge in [-0.15, -0.1) is 0 Å². The van der Waals surface area contributed by atoms with E-state index in [9.17, 15) is 0 Å². The summed E-state index contributed by atoms with van der Waals surface area (Å²) >= 11 is 2.05. The van der Waals surface area contributed by atoms with Gasteiger partial charge in [-0.2, -0.15) is 11.8 Å². The number of benzene rings is 1. The normalized spacial score (nSPS) is 19.4.